The average Bonchev–Trinajstić information content (AvgIpc) is 3.46. The number of ether oxygens (including phenoxy) is 1. The summed E-state index contributed by atoms with van der Waals surface area (Å²) in [7, 11) is 0. The summed E-state index contributed by atoms with van der Waals surface area (Å²) in [6, 6.07) is 17.1. The van der Waals surface area contributed by atoms with Crippen LogP contribution in [0.4, 0.5) is 5.69 Å². The van der Waals surface area contributed by atoms with Gasteiger partial charge in [0.15, 0.2) is 11.1 Å². The third-order valence-electron chi connectivity index (χ3n) is 7.51. The maximum atomic E-state index is 13.8. The summed E-state index contributed by atoms with van der Waals surface area (Å²) >= 11 is -1.93. The van der Waals surface area contributed by atoms with Crippen LogP contribution in [-0.2, 0) is 16.8 Å². The highest BCUT2D eigenvalue weighted by Crippen LogP contribution is 2.34. The maximum Gasteiger partial charge on any atom is 0.316 e. The van der Waals surface area contributed by atoms with Gasteiger partial charge in [-0.05, 0) is 48.9 Å². The zero-order valence-corrected chi connectivity index (χ0v) is 21.9. The monoisotopic (exact) mass is 522 g/mol. The van der Waals surface area contributed by atoms with Gasteiger partial charge in [0.1, 0.15) is 5.69 Å². The molecule has 3 unspecified atom stereocenters. The molecule has 8 nitrogen and oxygen atoms in total. The maximum absolute atomic E-state index is 13.8. The van der Waals surface area contributed by atoms with Gasteiger partial charge in [-0.25, -0.2) is 4.21 Å². The first kappa shape index (κ1) is 25.6. The van der Waals surface area contributed by atoms with Gasteiger partial charge in [0, 0.05) is 19.6 Å². The fourth-order valence-corrected chi connectivity index (χ4v) is 6.07. The van der Waals surface area contributed by atoms with E-state index in [1.807, 2.05) is 54.6 Å². The molecule has 2 aliphatic rings. The number of anilines is 1. The minimum Gasteiger partial charge on any atom is -0.483 e. The Balaban J connectivity index is 1.49. The Labute approximate surface area is 219 Å². The third-order valence-corrected chi connectivity index (χ3v) is 8.07. The number of nitrogens with one attached hydrogen (secondary N) is 1. The molecule has 1 aliphatic heterocycles. The van der Waals surface area contributed by atoms with Crippen LogP contribution in [0.1, 0.15) is 49.8 Å². The van der Waals surface area contributed by atoms with Crippen molar-refractivity contribution in [1.82, 2.24) is 15.1 Å². The first-order valence-electron chi connectivity index (χ1n) is 13.0. The van der Waals surface area contributed by atoms with Crippen LogP contribution in [0, 0.1) is 5.92 Å². The molecule has 1 saturated heterocycles. The number of aromatic nitrogens is 2. The number of nitrogens with zero attached hydrogens (tertiary/aromatic N) is 3. The molecular weight excluding hydrogens is 488 g/mol. The quantitative estimate of drug-likeness (QED) is 0.431. The minimum absolute atomic E-state index is 0.0647. The molecule has 0 spiro atoms. The summed E-state index contributed by atoms with van der Waals surface area (Å²) in [4.78, 5) is 15.9. The van der Waals surface area contributed by atoms with E-state index in [9.17, 15) is 13.6 Å². The second-order valence-corrected chi connectivity index (χ2v) is 10.8. The van der Waals surface area contributed by atoms with Crippen molar-refractivity contribution in [3.63, 3.8) is 0 Å². The average molecular weight is 523 g/mol. The largest absolute Gasteiger partial charge is 0.483 e. The molecular formula is C28H34N4O4S. The van der Waals surface area contributed by atoms with Gasteiger partial charge in [0.2, 0.25) is 5.75 Å². The van der Waals surface area contributed by atoms with Crippen LogP contribution < -0.4 is 20.5 Å². The molecule has 2 aromatic carbocycles. The Hall–Kier alpha value is -3.01. The van der Waals surface area contributed by atoms with Crippen LogP contribution in [0.2, 0.25) is 0 Å². The van der Waals surface area contributed by atoms with Crippen LogP contribution in [0.5, 0.6) is 5.75 Å². The van der Waals surface area contributed by atoms with Gasteiger partial charge in [0.05, 0.1) is 29.8 Å². The van der Waals surface area contributed by atoms with Gasteiger partial charge >= 0.3 is 5.56 Å². The number of piperazine rings is 1. The zero-order chi connectivity index (χ0) is 25.8. The number of hydrogen-bond acceptors (Lipinski definition) is 6. The molecule has 0 radical (unpaired) electrons. The van der Waals surface area contributed by atoms with Crippen molar-refractivity contribution >= 4 is 16.8 Å². The predicted octanol–water partition coefficient (Wildman–Crippen LogP) is 4.06. The summed E-state index contributed by atoms with van der Waals surface area (Å²) in [6.45, 7) is 4.04. The topological polar surface area (TPSA) is 96.7 Å². The van der Waals surface area contributed by atoms with E-state index in [1.165, 1.54) is 17.5 Å². The highest BCUT2D eigenvalue weighted by atomic mass is 32.2. The van der Waals surface area contributed by atoms with Crippen molar-refractivity contribution in [2.24, 2.45) is 5.92 Å². The highest BCUT2D eigenvalue weighted by molar-refractivity contribution is 7.78. The second kappa shape index (κ2) is 11.6. The molecule has 2 N–H and O–H groups in total. The summed E-state index contributed by atoms with van der Waals surface area (Å²) in [6.07, 6.45) is 6.31. The van der Waals surface area contributed by atoms with E-state index < -0.39 is 11.1 Å². The summed E-state index contributed by atoms with van der Waals surface area (Å²) < 4.78 is 28.9. The standard InChI is InChI=1S/C28H34N4O4S/c1-20(21-9-5-6-10-21)36-27-26(17-30-32(28(27)33)23-12-3-2-4-13-23)31-16-15-29-25(18-31)24-14-8-7-11-22(24)19-37(34)35/h2-4,7-8,11-14,17,20-21,25,29H,5-6,9-10,15-16,18-19H2,1H3,(H,34,35). The fraction of sp³-hybridized carbons (Fsp3) is 0.429. The van der Waals surface area contributed by atoms with Crippen LogP contribution in [-0.4, -0.2) is 44.3 Å². The third kappa shape index (κ3) is 5.79. The van der Waals surface area contributed by atoms with E-state index in [0.717, 1.165) is 24.0 Å². The van der Waals surface area contributed by atoms with Crippen molar-refractivity contribution in [2.45, 2.75) is 50.5 Å². The lowest BCUT2D eigenvalue weighted by atomic mass is 9.99. The number of benzene rings is 2. The highest BCUT2D eigenvalue weighted by Gasteiger charge is 2.30. The number of para-hydroxylation sites is 1. The van der Waals surface area contributed by atoms with Crippen LogP contribution in [0.25, 0.3) is 5.69 Å². The Morgan fingerprint density at radius 2 is 1.86 bits per heavy atom. The van der Waals surface area contributed by atoms with Gasteiger partial charge in [0.25, 0.3) is 0 Å². The molecule has 2 fully saturated rings. The van der Waals surface area contributed by atoms with Gasteiger partial charge in [-0.15, -0.1) is 0 Å². The minimum atomic E-state index is -1.93. The molecule has 2 heterocycles. The van der Waals surface area contributed by atoms with Crippen molar-refractivity contribution in [1.29, 1.82) is 0 Å². The molecule has 37 heavy (non-hydrogen) atoms. The lowest BCUT2D eigenvalue weighted by Crippen LogP contribution is -2.47. The van der Waals surface area contributed by atoms with Gasteiger partial charge in [-0.3, -0.25) is 4.79 Å². The molecule has 0 bridgehead atoms. The lowest BCUT2D eigenvalue weighted by molar-refractivity contribution is 0.151. The Bertz CT molecular complexity index is 1290. The first-order valence-corrected chi connectivity index (χ1v) is 14.3. The molecule has 0 amide bonds. The van der Waals surface area contributed by atoms with Crippen LogP contribution in [0.15, 0.2) is 65.6 Å². The van der Waals surface area contributed by atoms with Gasteiger partial charge in [-0.2, -0.15) is 9.78 Å². The van der Waals surface area contributed by atoms with Crippen molar-refractivity contribution in [3.05, 3.63) is 82.3 Å². The summed E-state index contributed by atoms with van der Waals surface area (Å²) in [5.74, 6) is 0.854. The molecule has 196 valence electrons. The molecule has 1 aliphatic carbocycles. The van der Waals surface area contributed by atoms with E-state index in [-0.39, 0.29) is 23.5 Å². The van der Waals surface area contributed by atoms with Crippen LogP contribution >= 0.6 is 0 Å². The number of rotatable bonds is 8. The van der Waals surface area contributed by atoms with E-state index in [1.54, 1.807) is 6.20 Å². The van der Waals surface area contributed by atoms with Crippen molar-refractivity contribution in [3.8, 4) is 11.4 Å². The molecule has 1 saturated carbocycles. The number of hydrogen-bond donors (Lipinski definition) is 2. The summed E-state index contributed by atoms with van der Waals surface area (Å²) in [5.41, 5.74) is 2.95. The van der Waals surface area contributed by atoms with Crippen molar-refractivity contribution in [2.75, 3.05) is 24.5 Å². The predicted molar refractivity (Wildman–Crippen MR) is 146 cm³/mol. The Kier molecular flexibility index (Phi) is 8.02. The smallest absolute Gasteiger partial charge is 0.316 e. The van der Waals surface area contributed by atoms with E-state index in [4.69, 9.17) is 4.74 Å². The molecule has 5 rings (SSSR count). The zero-order valence-electron chi connectivity index (χ0n) is 21.1. The molecule has 3 atom stereocenters. The van der Waals surface area contributed by atoms with Gasteiger partial charge in [-0.1, -0.05) is 55.3 Å². The Morgan fingerprint density at radius 1 is 1.14 bits per heavy atom. The molecule has 3 aromatic rings. The fourth-order valence-electron chi connectivity index (χ4n) is 5.54. The first-order chi connectivity index (χ1) is 18.0. The van der Waals surface area contributed by atoms with E-state index >= 15 is 0 Å². The van der Waals surface area contributed by atoms with E-state index in [0.29, 0.717) is 42.7 Å². The SMILES string of the molecule is CC(Oc1c(N2CCNC(c3ccccc3CS(=O)O)C2)cnn(-c2ccccc2)c1=O)C1CCCC1. The second-order valence-electron chi connectivity index (χ2n) is 9.90. The van der Waals surface area contributed by atoms with Crippen molar-refractivity contribution < 1.29 is 13.5 Å². The summed E-state index contributed by atoms with van der Waals surface area (Å²) in [5, 5.41) is 8.07. The molecule has 1 aromatic heterocycles. The molecule has 9 heteroatoms. The normalized spacial score (nSPS) is 20.1. The van der Waals surface area contributed by atoms with Crippen LogP contribution in [0.3, 0.4) is 0 Å². The van der Waals surface area contributed by atoms with E-state index in [2.05, 4.69) is 22.2 Å². The van der Waals surface area contributed by atoms with Gasteiger partial charge < -0.3 is 19.5 Å². The Morgan fingerprint density at radius 3 is 2.62 bits per heavy atom. The lowest BCUT2D eigenvalue weighted by Gasteiger charge is -2.37.